The smallest absolute Gasteiger partial charge is 0.0786 e. The van der Waals surface area contributed by atoms with Gasteiger partial charge in [-0.3, -0.25) is 0 Å². The van der Waals surface area contributed by atoms with Crippen molar-refractivity contribution in [1.82, 2.24) is 0 Å². The molecular weight excluding hydrogens is 650 g/mol. The van der Waals surface area contributed by atoms with Crippen molar-refractivity contribution in [1.29, 1.82) is 0 Å². The molecule has 1 nitrogen and oxygen atoms in total. The highest BCUT2D eigenvalue weighted by Crippen LogP contribution is 2.20. The van der Waals surface area contributed by atoms with Crippen LogP contribution in [-0.4, -0.2) is 30.7 Å². The van der Waals surface area contributed by atoms with Gasteiger partial charge in [0.1, 0.15) is 0 Å². The van der Waals surface area contributed by atoms with Crippen molar-refractivity contribution in [2.24, 2.45) is 0 Å². The molecule has 0 aromatic heterocycles. The third-order valence-corrected chi connectivity index (χ3v) is 12.4. The van der Waals surface area contributed by atoms with E-state index >= 15 is 0 Å². The number of nitrogens with zero attached hydrogens (tertiary/aromatic N) is 1. The van der Waals surface area contributed by atoms with Crippen molar-refractivity contribution >= 4 is 0 Å². The van der Waals surface area contributed by atoms with Crippen molar-refractivity contribution in [2.45, 2.75) is 297 Å². The van der Waals surface area contributed by atoms with Gasteiger partial charge in [-0.25, -0.2) is 0 Å². The van der Waals surface area contributed by atoms with E-state index in [1.165, 1.54) is 300 Å². The zero-order chi connectivity index (χ0) is 37.0. The molecule has 52 heavy (non-hydrogen) atoms. The second-order valence-corrected chi connectivity index (χ2v) is 17.7. The summed E-state index contributed by atoms with van der Waals surface area (Å²) in [7, 11) is 0. The van der Waals surface area contributed by atoms with Crippen molar-refractivity contribution in [3.05, 3.63) is 0 Å². The Bertz CT molecular complexity index is 553. The van der Waals surface area contributed by atoms with Gasteiger partial charge in [-0.1, -0.05) is 259 Å². The van der Waals surface area contributed by atoms with Crippen molar-refractivity contribution in [3.8, 4) is 0 Å². The number of rotatable bonds is 46. The van der Waals surface area contributed by atoms with Crippen LogP contribution in [0.2, 0.25) is 0 Å². The molecule has 0 N–H and O–H groups in total. The molecule has 0 aliphatic rings. The molecule has 0 atom stereocenters. The van der Waals surface area contributed by atoms with Crippen molar-refractivity contribution in [3.63, 3.8) is 0 Å². The molecule has 0 unspecified atom stereocenters. The predicted molar refractivity (Wildman–Crippen MR) is 236 cm³/mol. The van der Waals surface area contributed by atoms with Crippen LogP contribution in [0.1, 0.15) is 297 Å². The van der Waals surface area contributed by atoms with Crippen LogP contribution in [0.3, 0.4) is 0 Å². The summed E-state index contributed by atoms with van der Waals surface area (Å²) in [5.74, 6) is 0. The molecule has 0 rings (SSSR count). The van der Waals surface area contributed by atoms with Crippen LogP contribution >= 0.6 is 0 Å². The van der Waals surface area contributed by atoms with E-state index in [9.17, 15) is 0 Å². The lowest BCUT2D eigenvalue weighted by molar-refractivity contribution is -0.928. The fourth-order valence-electron chi connectivity index (χ4n) is 9.02. The normalized spacial score (nSPS) is 11.8. The monoisotopic (exact) mass is 754 g/mol. The standard InChI is InChI=1S/C50H104N.ClH/c1-5-9-11-13-15-17-19-21-23-25-27-29-31-33-35-37-39-41-43-45-49-51(47-7-3,48-8-4)50-46-44-42-40-38-36-34-32-30-28-26-24-22-20-18-16-14-12-10-6-2;/h5-50H2,1-4H3;1H/q+1;/p-1. The van der Waals surface area contributed by atoms with Crippen LogP contribution in [-0.2, 0) is 0 Å². The Morgan fingerprint density at radius 3 is 0.481 bits per heavy atom. The minimum Gasteiger partial charge on any atom is -1.00 e. The maximum absolute atomic E-state index is 2.43. The Morgan fingerprint density at radius 1 is 0.173 bits per heavy atom. The third-order valence-electron chi connectivity index (χ3n) is 12.4. The molecule has 0 aromatic rings. The van der Waals surface area contributed by atoms with Crippen LogP contribution < -0.4 is 12.4 Å². The summed E-state index contributed by atoms with van der Waals surface area (Å²) in [5, 5.41) is 0. The molecule has 2 heteroatoms. The quantitative estimate of drug-likeness (QED) is 0.0429. The maximum Gasteiger partial charge on any atom is 0.0786 e. The fourth-order valence-corrected chi connectivity index (χ4v) is 9.02. The van der Waals surface area contributed by atoms with Gasteiger partial charge in [-0.15, -0.1) is 0 Å². The minimum atomic E-state index is 0. The molecule has 0 spiro atoms. The first-order valence-corrected chi connectivity index (χ1v) is 25.1. The number of quaternary nitrogens is 1. The summed E-state index contributed by atoms with van der Waals surface area (Å²) in [6.07, 6.45) is 61.8. The number of halogens is 1. The first-order chi connectivity index (χ1) is 25.2. The van der Waals surface area contributed by atoms with E-state index in [0.29, 0.717) is 0 Å². The average molecular weight is 755 g/mol. The lowest BCUT2D eigenvalue weighted by Gasteiger charge is -2.39. The number of hydrogen-bond acceptors (Lipinski definition) is 0. The minimum absolute atomic E-state index is 0. The Balaban J connectivity index is 0. The van der Waals surface area contributed by atoms with Gasteiger partial charge in [-0.2, -0.15) is 0 Å². The third kappa shape index (κ3) is 41.4. The summed E-state index contributed by atoms with van der Waals surface area (Å²) in [4.78, 5) is 0. The molecule has 0 bridgehead atoms. The van der Waals surface area contributed by atoms with Gasteiger partial charge in [0.15, 0.2) is 0 Å². The summed E-state index contributed by atoms with van der Waals surface area (Å²) < 4.78 is 1.44. The predicted octanol–water partition coefficient (Wildman–Crippen LogP) is 15.3. The first kappa shape index (κ1) is 54.4. The van der Waals surface area contributed by atoms with Gasteiger partial charge in [0, 0.05) is 0 Å². The van der Waals surface area contributed by atoms with Crippen LogP contribution in [0, 0.1) is 0 Å². The van der Waals surface area contributed by atoms with Gasteiger partial charge < -0.3 is 16.9 Å². The molecule has 0 heterocycles. The van der Waals surface area contributed by atoms with Gasteiger partial charge in [0.25, 0.3) is 0 Å². The number of unbranched alkanes of at least 4 members (excludes halogenated alkanes) is 38. The zero-order valence-corrected chi connectivity index (χ0v) is 38.1. The number of hydrogen-bond donors (Lipinski definition) is 0. The summed E-state index contributed by atoms with van der Waals surface area (Å²) in [5.41, 5.74) is 0. The molecule has 0 fully saturated rings. The Kier molecular flexibility index (Phi) is 49.5. The van der Waals surface area contributed by atoms with Crippen molar-refractivity contribution in [2.75, 3.05) is 26.2 Å². The van der Waals surface area contributed by atoms with Crippen LogP contribution in [0.5, 0.6) is 0 Å². The van der Waals surface area contributed by atoms with Gasteiger partial charge in [-0.05, 0) is 38.5 Å². The Hall–Kier alpha value is 0.250. The van der Waals surface area contributed by atoms with Gasteiger partial charge >= 0.3 is 0 Å². The molecule has 0 saturated carbocycles. The van der Waals surface area contributed by atoms with E-state index in [1.807, 2.05) is 0 Å². The largest absolute Gasteiger partial charge is 1.00 e. The lowest BCUT2D eigenvalue weighted by atomic mass is 10.0. The SMILES string of the molecule is CCCCCCCCCCCCCCCCCCCCCC[N+](CCC)(CCC)CCCCCCCCCCCCCCCCCCCCCC.[Cl-]. The summed E-state index contributed by atoms with van der Waals surface area (Å²) >= 11 is 0. The van der Waals surface area contributed by atoms with E-state index in [2.05, 4.69) is 27.7 Å². The molecule has 0 aliphatic carbocycles. The van der Waals surface area contributed by atoms with E-state index in [0.717, 1.165) is 0 Å². The lowest BCUT2D eigenvalue weighted by Crippen LogP contribution is -3.00. The van der Waals surface area contributed by atoms with Gasteiger partial charge in [0.2, 0.25) is 0 Å². The zero-order valence-electron chi connectivity index (χ0n) is 37.4. The van der Waals surface area contributed by atoms with Crippen molar-refractivity contribution < 1.29 is 16.9 Å². The maximum atomic E-state index is 2.43. The second kappa shape index (κ2) is 47.4. The average Bonchev–Trinajstić information content (AvgIpc) is 3.13. The van der Waals surface area contributed by atoms with Crippen LogP contribution in [0.4, 0.5) is 0 Å². The highest BCUT2D eigenvalue weighted by Gasteiger charge is 2.24. The highest BCUT2D eigenvalue weighted by atomic mass is 35.5. The molecule has 0 saturated heterocycles. The second-order valence-electron chi connectivity index (χ2n) is 17.7. The molecular formula is C50H104ClN. The Labute approximate surface area is 339 Å². The highest BCUT2D eigenvalue weighted by molar-refractivity contribution is 4.55. The molecule has 0 aromatic carbocycles. The van der Waals surface area contributed by atoms with Gasteiger partial charge in [0.05, 0.1) is 26.2 Å². The molecule has 316 valence electrons. The van der Waals surface area contributed by atoms with Crippen LogP contribution in [0.25, 0.3) is 0 Å². The molecule has 0 aliphatic heterocycles. The van der Waals surface area contributed by atoms with Crippen LogP contribution in [0.15, 0.2) is 0 Å². The first-order valence-electron chi connectivity index (χ1n) is 25.1. The topological polar surface area (TPSA) is 0 Å². The van der Waals surface area contributed by atoms with E-state index in [1.54, 1.807) is 0 Å². The fraction of sp³-hybridized carbons (Fsp3) is 1.00. The van der Waals surface area contributed by atoms with E-state index in [4.69, 9.17) is 0 Å². The molecule has 0 amide bonds. The van der Waals surface area contributed by atoms with E-state index < -0.39 is 0 Å². The summed E-state index contributed by atoms with van der Waals surface area (Å²) in [6, 6.07) is 0. The Morgan fingerprint density at radius 2 is 0.327 bits per heavy atom. The molecule has 0 radical (unpaired) electrons. The van der Waals surface area contributed by atoms with E-state index in [-0.39, 0.29) is 12.4 Å². The summed E-state index contributed by atoms with van der Waals surface area (Å²) in [6.45, 7) is 15.2.